The quantitative estimate of drug-likeness (QED) is 0.179. The first kappa shape index (κ1) is 47.3. The maximum atomic E-state index is 16.3. The normalized spacial score (nSPS) is 17.0. The summed E-state index contributed by atoms with van der Waals surface area (Å²) in [5.74, 6) is -43.0. The highest BCUT2D eigenvalue weighted by Crippen LogP contribution is 2.73. The van der Waals surface area contributed by atoms with Crippen molar-refractivity contribution in [3.05, 3.63) is 0 Å². The minimum Gasteiger partial charge on any atom is -0.481 e. The Morgan fingerprint density at radius 3 is 0.592 bits per heavy atom. The fourth-order valence-electron chi connectivity index (χ4n) is 6.36. The Morgan fingerprint density at radius 1 is 0.306 bits per heavy atom. The summed E-state index contributed by atoms with van der Waals surface area (Å²) in [5, 5.41) is 9.23. The van der Waals surface area contributed by atoms with Gasteiger partial charge in [-0.3, -0.25) is 4.79 Å². The third-order valence-electron chi connectivity index (χ3n) is 11.1. The Bertz CT molecular complexity index is 1250. The number of hydrogen-bond acceptors (Lipinski definition) is 1. The van der Waals surface area contributed by atoms with E-state index < -0.39 is 105 Å². The van der Waals surface area contributed by atoms with Crippen molar-refractivity contribution in [2.24, 2.45) is 37.9 Å². The zero-order chi connectivity index (χ0) is 41.1. The minimum atomic E-state index is -6.78. The Hall–Kier alpha value is -1.72. The number of aliphatic carboxylic acids is 1. The third-order valence-corrected chi connectivity index (χ3v) is 11.1. The topological polar surface area (TPSA) is 37.3 Å². The van der Waals surface area contributed by atoms with Gasteiger partial charge in [0.25, 0.3) is 35.5 Å². The Labute approximate surface area is 273 Å². The zero-order valence-electron chi connectivity index (χ0n) is 29.3. The molecule has 2 nitrogen and oxygen atoms in total. The molecule has 0 amide bonds. The van der Waals surface area contributed by atoms with Gasteiger partial charge in [0, 0.05) is 0 Å². The molecule has 0 aliphatic rings. The molecule has 0 aromatic heterocycles. The number of hydrogen-bond donors (Lipinski definition) is 1. The maximum absolute atomic E-state index is 16.3. The second-order valence-electron chi connectivity index (χ2n) is 16.2. The van der Waals surface area contributed by atoms with Crippen LogP contribution in [0.3, 0.4) is 0 Å². The molecule has 0 aliphatic carbocycles. The van der Waals surface area contributed by atoms with Gasteiger partial charge in [0.2, 0.25) is 0 Å². The van der Waals surface area contributed by atoms with Crippen LogP contribution in [0.1, 0.15) is 96.9 Å². The summed E-state index contributed by atoms with van der Waals surface area (Å²) < 4.78 is 260. The molecule has 0 saturated carbocycles. The first-order chi connectivity index (χ1) is 20.4. The average molecular weight is 759 g/mol. The van der Waals surface area contributed by atoms with Crippen LogP contribution in [0, 0.1) is 37.9 Å². The van der Waals surface area contributed by atoms with E-state index in [0.29, 0.717) is 0 Å². The SMILES string of the molecule is CC(C)(C(=O)O)C(F)(F)C(C)(C)C(F)(F)C(C)(C)C(F)(F)C(C)(C)C(F)(F)C(C)(C)C(F)(F)C(C)(C)C(F)(F)C(C)(C)C(F)(F)C(F)(F)F. The van der Waals surface area contributed by atoms with Crippen LogP contribution >= 0.6 is 0 Å². The lowest BCUT2D eigenvalue weighted by Crippen LogP contribution is -2.74. The van der Waals surface area contributed by atoms with Gasteiger partial charge >= 0.3 is 18.1 Å². The fraction of sp³-hybridized carbons (Fsp3) is 0.967. The van der Waals surface area contributed by atoms with Crippen LogP contribution in [-0.4, -0.2) is 58.7 Å². The minimum absolute atomic E-state index is 0.0399. The second kappa shape index (κ2) is 11.4. The van der Waals surface area contributed by atoms with Crippen molar-refractivity contribution >= 4 is 5.97 Å². The first-order valence-electron chi connectivity index (χ1n) is 14.4. The smallest absolute Gasteiger partial charge is 0.454 e. The van der Waals surface area contributed by atoms with Crippen LogP contribution < -0.4 is 0 Å². The molecule has 294 valence electrons. The van der Waals surface area contributed by atoms with Crippen molar-refractivity contribution in [2.75, 3.05) is 0 Å². The molecular formula is C30H43F17O2. The van der Waals surface area contributed by atoms with Gasteiger partial charge in [-0.1, -0.05) is 0 Å². The number of carboxylic acid groups (broad SMARTS) is 1. The van der Waals surface area contributed by atoms with Crippen molar-refractivity contribution in [2.45, 2.75) is 145 Å². The van der Waals surface area contributed by atoms with E-state index in [2.05, 4.69) is 0 Å². The average Bonchev–Trinajstić information content (AvgIpc) is 2.86. The lowest BCUT2D eigenvalue weighted by molar-refractivity contribution is -0.407. The highest BCUT2D eigenvalue weighted by molar-refractivity contribution is 5.75. The van der Waals surface area contributed by atoms with Crippen molar-refractivity contribution in [1.29, 1.82) is 0 Å². The largest absolute Gasteiger partial charge is 0.481 e. The number of alkyl halides is 17. The molecule has 0 aliphatic heterocycles. The fourth-order valence-corrected chi connectivity index (χ4v) is 6.36. The predicted octanol–water partition coefficient (Wildman–Crippen LogP) is 12.3. The first-order valence-corrected chi connectivity index (χ1v) is 14.4. The van der Waals surface area contributed by atoms with E-state index in [1.54, 1.807) is 0 Å². The molecule has 0 heterocycles. The molecule has 49 heavy (non-hydrogen) atoms. The van der Waals surface area contributed by atoms with E-state index >= 15 is 52.7 Å². The molecule has 0 aromatic carbocycles. The van der Waals surface area contributed by atoms with Crippen LogP contribution in [-0.2, 0) is 4.79 Å². The third kappa shape index (κ3) is 5.35. The monoisotopic (exact) mass is 758 g/mol. The van der Waals surface area contributed by atoms with E-state index in [0.717, 1.165) is 0 Å². The predicted molar refractivity (Wildman–Crippen MR) is 145 cm³/mol. The number of halogens is 17. The van der Waals surface area contributed by atoms with Crippen molar-refractivity contribution in [3.63, 3.8) is 0 Å². The molecule has 0 saturated heterocycles. The Morgan fingerprint density at radius 2 is 0.449 bits per heavy atom. The van der Waals surface area contributed by atoms with Crippen LogP contribution in [0.4, 0.5) is 74.6 Å². The molecule has 0 aromatic rings. The zero-order valence-corrected chi connectivity index (χ0v) is 29.3. The van der Waals surface area contributed by atoms with Crippen LogP contribution in [0.5, 0.6) is 0 Å². The molecule has 0 spiro atoms. The van der Waals surface area contributed by atoms with Crippen molar-refractivity contribution < 1.29 is 84.5 Å². The number of carboxylic acids is 1. The Balaban J connectivity index is 7.68. The molecule has 0 radical (unpaired) electrons. The summed E-state index contributed by atoms with van der Waals surface area (Å²) in [5.41, 5.74) is -30.6. The summed E-state index contributed by atoms with van der Waals surface area (Å²) in [6.45, 7) is -2.81. The van der Waals surface area contributed by atoms with Gasteiger partial charge in [-0.25, -0.2) is 52.7 Å². The van der Waals surface area contributed by atoms with Gasteiger partial charge in [-0.2, -0.15) is 22.0 Å². The van der Waals surface area contributed by atoms with Crippen LogP contribution in [0.2, 0.25) is 0 Å². The van der Waals surface area contributed by atoms with Crippen LogP contribution in [0.25, 0.3) is 0 Å². The summed E-state index contributed by atoms with van der Waals surface area (Å²) >= 11 is 0. The highest BCUT2D eigenvalue weighted by Gasteiger charge is 2.86. The summed E-state index contributed by atoms with van der Waals surface area (Å²) in [6.07, 6.45) is -6.78. The van der Waals surface area contributed by atoms with Crippen molar-refractivity contribution in [1.82, 2.24) is 0 Å². The molecule has 0 atom stereocenters. The van der Waals surface area contributed by atoms with E-state index in [1.807, 2.05) is 0 Å². The Kier molecular flexibility index (Phi) is 11.0. The maximum Gasteiger partial charge on any atom is 0.454 e. The summed E-state index contributed by atoms with van der Waals surface area (Å²) in [4.78, 5) is 11.5. The van der Waals surface area contributed by atoms with E-state index in [4.69, 9.17) is 0 Å². The van der Waals surface area contributed by atoms with E-state index in [-0.39, 0.29) is 83.1 Å². The summed E-state index contributed by atoms with van der Waals surface area (Å²) in [7, 11) is 0. The van der Waals surface area contributed by atoms with Crippen LogP contribution in [0.15, 0.2) is 0 Å². The molecule has 0 fully saturated rings. The van der Waals surface area contributed by atoms with Gasteiger partial charge in [0.15, 0.2) is 0 Å². The summed E-state index contributed by atoms with van der Waals surface area (Å²) in [6, 6.07) is 0. The van der Waals surface area contributed by atoms with Gasteiger partial charge in [-0.05, 0) is 96.9 Å². The molecule has 1 N–H and O–H groups in total. The molecular weight excluding hydrogens is 715 g/mol. The van der Waals surface area contributed by atoms with Gasteiger partial charge < -0.3 is 5.11 Å². The van der Waals surface area contributed by atoms with Gasteiger partial charge in [0.05, 0.1) is 27.1 Å². The molecule has 0 rings (SSSR count). The van der Waals surface area contributed by atoms with E-state index in [1.165, 1.54) is 0 Å². The number of rotatable bonds is 14. The van der Waals surface area contributed by atoms with E-state index in [9.17, 15) is 31.9 Å². The van der Waals surface area contributed by atoms with Gasteiger partial charge in [0.1, 0.15) is 10.8 Å². The highest BCUT2D eigenvalue weighted by atomic mass is 19.4. The second-order valence-corrected chi connectivity index (χ2v) is 16.2. The standard InChI is InChI=1S/C30H43F17O2/c1-16(2,15(48)49)23(31,32)17(3,4)24(33,34)18(5,6)25(35,36)19(7,8)26(37,38)20(9,10)27(39,40)21(11,12)28(41,42)22(13,14)29(43,44)30(45,46)47/h1-14H3,(H,48,49). The molecule has 19 heteroatoms. The molecule has 0 unspecified atom stereocenters. The molecule has 0 bridgehead atoms. The lowest BCUT2D eigenvalue weighted by atomic mass is 9.52. The number of carbonyl (C=O) groups is 1. The van der Waals surface area contributed by atoms with Gasteiger partial charge in [-0.15, -0.1) is 0 Å². The lowest BCUT2D eigenvalue weighted by Gasteiger charge is -2.59. The van der Waals surface area contributed by atoms with Crippen molar-refractivity contribution in [3.8, 4) is 0 Å².